The SMILES string of the molecule is O=C(Nc1ccc(F)c(F)c1)[C@@H]1[C@H](C(=O)O)[C@H]2C=C[C@H]1O2. The van der Waals surface area contributed by atoms with E-state index in [1.165, 1.54) is 6.07 Å². The predicted octanol–water partition coefficient (Wildman–Crippen LogP) is 1.56. The average Bonchev–Trinajstić information content (AvgIpc) is 3.03. The third-order valence-electron chi connectivity index (χ3n) is 3.67. The summed E-state index contributed by atoms with van der Waals surface area (Å²) in [6, 6.07) is 2.93. The fourth-order valence-electron chi connectivity index (χ4n) is 2.71. The monoisotopic (exact) mass is 295 g/mol. The minimum atomic E-state index is -1.13. The van der Waals surface area contributed by atoms with Gasteiger partial charge in [0.25, 0.3) is 0 Å². The molecule has 110 valence electrons. The van der Waals surface area contributed by atoms with E-state index < -0.39 is 47.6 Å². The van der Waals surface area contributed by atoms with E-state index in [4.69, 9.17) is 4.74 Å². The first kappa shape index (κ1) is 13.7. The van der Waals surface area contributed by atoms with Gasteiger partial charge in [0, 0.05) is 11.8 Å². The maximum absolute atomic E-state index is 13.1. The van der Waals surface area contributed by atoms with Crippen molar-refractivity contribution >= 4 is 17.6 Å². The van der Waals surface area contributed by atoms with Crippen molar-refractivity contribution in [2.45, 2.75) is 12.2 Å². The highest BCUT2D eigenvalue weighted by atomic mass is 19.2. The third kappa shape index (κ3) is 2.29. The molecule has 2 aliphatic rings. The molecule has 2 N–H and O–H groups in total. The van der Waals surface area contributed by atoms with Gasteiger partial charge < -0.3 is 15.2 Å². The zero-order chi connectivity index (χ0) is 15.1. The number of rotatable bonds is 3. The lowest BCUT2D eigenvalue weighted by Crippen LogP contribution is -2.39. The van der Waals surface area contributed by atoms with Gasteiger partial charge in [0.15, 0.2) is 11.6 Å². The predicted molar refractivity (Wildman–Crippen MR) is 67.4 cm³/mol. The van der Waals surface area contributed by atoms with Crippen LogP contribution in [0.15, 0.2) is 30.4 Å². The number of hydrogen-bond donors (Lipinski definition) is 2. The van der Waals surface area contributed by atoms with Gasteiger partial charge in [-0.3, -0.25) is 9.59 Å². The summed E-state index contributed by atoms with van der Waals surface area (Å²) in [6.45, 7) is 0. The van der Waals surface area contributed by atoms with Crippen molar-refractivity contribution in [3.63, 3.8) is 0 Å². The Bertz CT molecular complexity index is 646. The summed E-state index contributed by atoms with van der Waals surface area (Å²) in [5, 5.41) is 11.6. The minimum Gasteiger partial charge on any atom is -0.481 e. The van der Waals surface area contributed by atoms with Gasteiger partial charge in [0.2, 0.25) is 5.91 Å². The topological polar surface area (TPSA) is 75.6 Å². The molecule has 1 aromatic carbocycles. The van der Waals surface area contributed by atoms with E-state index in [2.05, 4.69) is 5.32 Å². The van der Waals surface area contributed by atoms with E-state index in [9.17, 15) is 23.5 Å². The van der Waals surface area contributed by atoms with Crippen LogP contribution in [0, 0.1) is 23.5 Å². The molecule has 7 heteroatoms. The van der Waals surface area contributed by atoms with Gasteiger partial charge in [-0.25, -0.2) is 8.78 Å². The molecule has 2 bridgehead atoms. The van der Waals surface area contributed by atoms with Gasteiger partial charge in [0.05, 0.1) is 18.1 Å². The highest BCUT2D eigenvalue weighted by Gasteiger charge is 2.53. The first-order valence-corrected chi connectivity index (χ1v) is 6.30. The van der Waals surface area contributed by atoms with Crippen molar-refractivity contribution in [2.24, 2.45) is 11.8 Å². The van der Waals surface area contributed by atoms with Crippen LogP contribution >= 0.6 is 0 Å². The van der Waals surface area contributed by atoms with Crippen LogP contribution in [0.3, 0.4) is 0 Å². The number of carboxylic acids is 1. The molecule has 0 aromatic heterocycles. The number of ether oxygens (including phenoxy) is 1. The summed E-state index contributed by atoms with van der Waals surface area (Å²) >= 11 is 0. The Kier molecular flexibility index (Phi) is 3.21. The van der Waals surface area contributed by atoms with Gasteiger partial charge >= 0.3 is 5.97 Å². The average molecular weight is 295 g/mol. The van der Waals surface area contributed by atoms with Crippen LogP contribution in [0.4, 0.5) is 14.5 Å². The molecular formula is C14H11F2NO4. The Hall–Kier alpha value is -2.28. The summed E-state index contributed by atoms with van der Waals surface area (Å²) in [5.41, 5.74) is 0.0646. The second kappa shape index (κ2) is 4.92. The Morgan fingerprint density at radius 1 is 1.10 bits per heavy atom. The van der Waals surface area contributed by atoms with Gasteiger partial charge in [0.1, 0.15) is 5.92 Å². The lowest BCUT2D eigenvalue weighted by Gasteiger charge is -2.21. The van der Waals surface area contributed by atoms with Crippen LogP contribution in [0.5, 0.6) is 0 Å². The largest absolute Gasteiger partial charge is 0.481 e. The summed E-state index contributed by atoms with van der Waals surface area (Å²) in [6.07, 6.45) is 2.01. The minimum absolute atomic E-state index is 0.0646. The van der Waals surface area contributed by atoms with Crippen LogP contribution in [-0.4, -0.2) is 29.2 Å². The fourth-order valence-corrected chi connectivity index (χ4v) is 2.71. The number of fused-ring (bicyclic) bond motifs is 2. The van der Waals surface area contributed by atoms with Crippen molar-refractivity contribution in [3.05, 3.63) is 42.0 Å². The zero-order valence-corrected chi connectivity index (χ0v) is 10.6. The number of carboxylic acid groups (broad SMARTS) is 1. The van der Waals surface area contributed by atoms with Gasteiger partial charge in [-0.15, -0.1) is 0 Å². The molecule has 0 unspecified atom stereocenters. The van der Waals surface area contributed by atoms with Crippen molar-refractivity contribution in [3.8, 4) is 0 Å². The summed E-state index contributed by atoms with van der Waals surface area (Å²) in [7, 11) is 0. The van der Waals surface area contributed by atoms with Crippen LogP contribution in [0.1, 0.15) is 0 Å². The standard InChI is InChI=1S/C14H11F2NO4/c15-7-2-1-6(5-8(7)16)17-13(18)11-9-3-4-10(21-9)12(11)14(19)20/h1-5,9-12H,(H,17,18)(H,19,20)/t9-,10-,11+,12-/m1/s1. The van der Waals surface area contributed by atoms with Crippen LogP contribution in [0.25, 0.3) is 0 Å². The Balaban J connectivity index is 1.80. The smallest absolute Gasteiger partial charge is 0.310 e. The van der Waals surface area contributed by atoms with E-state index in [1.807, 2.05) is 0 Å². The molecule has 1 aromatic rings. The van der Waals surface area contributed by atoms with Crippen molar-refractivity contribution in [1.82, 2.24) is 0 Å². The molecule has 2 aliphatic heterocycles. The molecule has 0 spiro atoms. The van der Waals surface area contributed by atoms with Crippen molar-refractivity contribution in [1.29, 1.82) is 0 Å². The van der Waals surface area contributed by atoms with Crippen molar-refractivity contribution in [2.75, 3.05) is 5.32 Å². The molecule has 3 rings (SSSR count). The second-order valence-electron chi connectivity index (χ2n) is 4.96. The second-order valence-corrected chi connectivity index (χ2v) is 4.96. The molecule has 1 amide bonds. The third-order valence-corrected chi connectivity index (χ3v) is 3.67. The van der Waals surface area contributed by atoms with Crippen LogP contribution in [-0.2, 0) is 14.3 Å². The number of amides is 1. The molecule has 0 radical (unpaired) electrons. The van der Waals surface area contributed by atoms with Gasteiger partial charge in [-0.1, -0.05) is 12.2 Å². The van der Waals surface area contributed by atoms with E-state index in [0.717, 1.165) is 12.1 Å². The number of nitrogens with one attached hydrogen (secondary N) is 1. The molecule has 2 heterocycles. The molecule has 5 nitrogen and oxygen atoms in total. The molecular weight excluding hydrogens is 284 g/mol. The number of benzene rings is 1. The van der Waals surface area contributed by atoms with Crippen LogP contribution in [0.2, 0.25) is 0 Å². The zero-order valence-electron chi connectivity index (χ0n) is 10.6. The van der Waals surface area contributed by atoms with E-state index >= 15 is 0 Å². The Labute approximate surface area is 118 Å². The normalized spacial score (nSPS) is 29.6. The number of carbonyl (C=O) groups is 2. The number of halogens is 2. The lowest BCUT2D eigenvalue weighted by atomic mass is 9.82. The first-order chi connectivity index (χ1) is 9.97. The maximum atomic E-state index is 13.1. The quantitative estimate of drug-likeness (QED) is 0.830. The highest BCUT2D eigenvalue weighted by molar-refractivity contribution is 5.96. The van der Waals surface area contributed by atoms with Crippen LogP contribution < -0.4 is 5.32 Å². The van der Waals surface area contributed by atoms with Crippen molar-refractivity contribution < 1.29 is 28.2 Å². The summed E-state index contributed by atoms with van der Waals surface area (Å²) in [5.74, 6) is -5.72. The molecule has 4 atom stereocenters. The maximum Gasteiger partial charge on any atom is 0.310 e. The molecule has 0 aliphatic carbocycles. The first-order valence-electron chi connectivity index (χ1n) is 6.30. The number of hydrogen-bond acceptors (Lipinski definition) is 3. The Morgan fingerprint density at radius 3 is 2.38 bits per heavy atom. The summed E-state index contributed by atoms with van der Waals surface area (Å²) in [4.78, 5) is 23.5. The highest BCUT2D eigenvalue weighted by Crippen LogP contribution is 2.39. The summed E-state index contributed by atoms with van der Waals surface area (Å²) < 4.78 is 31.3. The number of aliphatic carboxylic acids is 1. The lowest BCUT2D eigenvalue weighted by molar-refractivity contribution is -0.145. The fraction of sp³-hybridized carbons (Fsp3) is 0.286. The number of anilines is 1. The molecule has 0 saturated carbocycles. The molecule has 21 heavy (non-hydrogen) atoms. The molecule has 1 fully saturated rings. The number of carbonyl (C=O) groups excluding carboxylic acids is 1. The van der Waals surface area contributed by atoms with E-state index in [1.54, 1.807) is 12.2 Å². The van der Waals surface area contributed by atoms with E-state index in [-0.39, 0.29) is 5.69 Å². The van der Waals surface area contributed by atoms with Gasteiger partial charge in [-0.2, -0.15) is 0 Å². The Morgan fingerprint density at radius 2 is 1.76 bits per heavy atom. The van der Waals surface area contributed by atoms with Gasteiger partial charge in [-0.05, 0) is 12.1 Å². The molecule has 1 saturated heterocycles. The van der Waals surface area contributed by atoms with E-state index in [0.29, 0.717) is 0 Å².